The topological polar surface area (TPSA) is 47.7 Å². The molecular weight excluding hydrogens is 192 g/mol. The van der Waals surface area contributed by atoms with E-state index in [4.69, 9.17) is 15.2 Å². The summed E-state index contributed by atoms with van der Waals surface area (Å²) in [6, 6.07) is 0.572. The normalized spacial score (nSPS) is 37.0. The van der Waals surface area contributed by atoms with Crippen molar-refractivity contribution in [3.8, 4) is 0 Å². The zero-order valence-electron chi connectivity index (χ0n) is 9.74. The Balaban J connectivity index is 1.98. The molecule has 4 nitrogen and oxygen atoms in total. The van der Waals surface area contributed by atoms with E-state index in [1.807, 2.05) is 0 Å². The van der Waals surface area contributed by atoms with Gasteiger partial charge in [-0.05, 0) is 20.3 Å². The molecule has 2 rings (SSSR count). The minimum atomic E-state index is -0.0785. The number of morpholine rings is 1. The van der Waals surface area contributed by atoms with E-state index in [2.05, 4.69) is 18.7 Å². The Morgan fingerprint density at radius 2 is 2.27 bits per heavy atom. The van der Waals surface area contributed by atoms with Crippen LogP contribution in [0.15, 0.2) is 0 Å². The van der Waals surface area contributed by atoms with Gasteiger partial charge in [0, 0.05) is 32.3 Å². The molecule has 2 aliphatic heterocycles. The summed E-state index contributed by atoms with van der Waals surface area (Å²) in [4.78, 5) is 2.48. The van der Waals surface area contributed by atoms with Crippen molar-refractivity contribution >= 4 is 0 Å². The Morgan fingerprint density at radius 3 is 2.87 bits per heavy atom. The SMILES string of the molecule is CC1(C)CN(C2CCOC2)CC(CN)O1. The summed E-state index contributed by atoms with van der Waals surface area (Å²) in [6.07, 6.45) is 1.32. The van der Waals surface area contributed by atoms with Crippen LogP contribution in [0.2, 0.25) is 0 Å². The average molecular weight is 214 g/mol. The lowest BCUT2D eigenvalue weighted by atomic mass is 10.0. The molecule has 2 heterocycles. The fraction of sp³-hybridized carbons (Fsp3) is 1.00. The van der Waals surface area contributed by atoms with Crippen molar-refractivity contribution in [2.45, 2.75) is 38.0 Å². The summed E-state index contributed by atoms with van der Waals surface area (Å²) >= 11 is 0. The highest BCUT2D eigenvalue weighted by Crippen LogP contribution is 2.24. The summed E-state index contributed by atoms with van der Waals surface area (Å²) in [5.74, 6) is 0. The molecule has 0 amide bonds. The van der Waals surface area contributed by atoms with Crippen molar-refractivity contribution < 1.29 is 9.47 Å². The molecule has 2 saturated heterocycles. The van der Waals surface area contributed by atoms with Gasteiger partial charge in [0.25, 0.3) is 0 Å². The molecule has 2 fully saturated rings. The van der Waals surface area contributed by atoms with Crippen LogP contribution in [0, 0.1) is 0 Å². The fourth-order valence-electron chi connectivity index (χ4n) is 2.55. The lowest BCUT2D eigenvalue weighted by molar-refractivity contribution is -0.140. The van der Waals surface area contributed by atoms with E-state index < -0.39 is 0 Å². The van der Waals surface area contributed by atoms with Gasteiger partial charge in [0.15, 0.2) is 0 Å². The van der Waals surface area contributed by atoms with Gasteiger partial charge < -0.3 is 15.2 Å². The highest BCUT2D eigenvalue weighted by Gasteiger charge is 2.36. The first kappa shape index (κ1) is 11.3. The molecule has 0 aromatic heterocycles. The summed E-state index contributed by atoms with van der Waals surface area (Å²) in [6.45, 7) is 8.58. The molecule has 4 heteroatoms. The van der Waals surface area contributed by atoms with Crippen LogP contribution in [0.5, 0.6) is 0 Å². The molecule has 15 heavy (non-hydrogen) atoms. The standard InChI is InChI=1S/C11H22N2O2/c1-11(2)8-13(6-10(5-12)15-11)9-3-4-14-7-9/h9-10H,3-8,12H2,1-2H3. The van der Waals surface area contributed by atoms with Gasteiger partial charge >= 0.3 is 0 Å². The molecule has 2 N–H and O–H groups in total. The second kappa shape index (κ2) is 4.37. The van der Waals surface area contributed by atoms with Gasteiger partial charge in [-0.2, -0.15) is 0 Å². The minimum absolute atomic E-state index is 0.0785. The smallest absolute Gasteiger partial charge is 0.0831 e. The Labute approximate surface area is 91.7 Å². The lowest BCUT2D eigenvalue weighted by Crippen LogP contribution is -2.57. The molecule has 0 aromatic carbocycles. The minimum Gasteiger partial charge on any atom is -0.380 e. The Morgan fingerprint density at radius 1 is 1.47 bits per heavy atom. The molecule has 0 aromatic rings. The molecule has 2 aliphatic rings. The van der Waals surface area contributed by atoms with E-state index in [9.17, 15) is 0 Å². The number of nitrogens with zero attached hydrogens (tertiary/aromatic N) is 1. The van der Waals surface area contributed by atoms with Gasteiger partial charge in [0.05, 0.1) is 18.3 Å². The predicted octanol–water partition coefficient (Wildman–Crippen LogP) is 0.213. The molecule has 0 spiro atoms. The quantitative estimate of drug-likeness (QED) is 0.714. The van der Waals surface area contributed by atoms with Crippen LogP contribution < -0.4 is 5.73 Å². The van der Waals surface area contributed by atoms with E-state index in [1.165, 1.54) is 0 Å². The number of hydrogen-bond donors (Lipinski definition) is 1. The number of rotatable bonds is 2. The van der Waals surface area contributed by atoms with E-state index in [-0.39, 0.29) is 11.7 Å². The number of hydrogen-bond acceptors (Lipinski definition) is 4. The predicted molar refractivity (Wildman–Crippen MR) is 58.8 cm³/mol. The van der Waals surface area contributed by atoms with Crippen molar-refractivity contribution in [2.75, 3.05) is 32.8 Å². The third kappa shape index (κ3) is 2.69. The Hall–Kier alpha value is -0.160. The van der Waals surface area contributed by atoms with Crippen molar-refractivity contribution in [3.63, 3.8) is 0 Å². The first-order chi connectivity index (χ1) is 7.11. The highest BCUT2D eigenvalue weighted by atomic mass is 16.5. The highest BCUT2D eigenvalue weighted by molar-refractivity contribution is 4.89. The van der Waals surface area contributed by atoms with Crippen molar-refractivity contribution in [3.05, 3.63) is 0 Å². The molecule has 88 valence electrons. The number of ether oxygens (including phenoxy) is 2. The van der Waals surface area contributed by atoms with Crippen LogP contribution in [0.25, 0.3) is 0 Å². The van der Waals surface area contributed by atoms with Crippen LogP contribution in [0.1, 0.15) is 20.3 Å². The number of nitrogens with two attached hydrogens (primary N) is 1. The maximum Gasteiger partial charge on any atom is 0.0831 e. The molecule has 2 unspecified atom stereocenters. The molecule has 0 aliphatic carbocycles. The zero-order chi connectivity index (χ0) is 10.9. The maximum atomic E-state index is 5.91. The average Bonchev–Trinajstić information content (AvgIpc) is 2.68. The molecule has 0 saturated carbocycles. The van der Waals surface area contributed by atoms with E-state index >= 15 is 0 Å². The first-order valence-electron chi connectivity index (χ1n) is 5.80. The zero-order valence-corrected chi connectivity index (χ0v) is 9.74. The maximum absolute atomic E-state index is 5.91. The van der Waals surface area contributed by atoms with Gasteiger partial charge in [-0.25, -0.2) is 0 Å². The summed E-state index contributed by atoms with van der Waals surface area (Å²) in [5.41, 5.74) is 5.62. The van der Waals surface area contributed by atoms with Gasteiger partial charge in [-0.15, -0.1) is 0 Å². The van der Waals surface area contributed by atoms with Crippen LogP contribution in [-0.4, -0.2) is 55.5 Å². The third-order valence-electron chi connectivity index (χ3n) is 3.19. The lowest BCUT2D eigenvalue weighted by Gasteiger charge is -2.44. The molecular formula is C11H22N2O2. The second-order valence-electron chi connectivity index (χ2n) is 5.18. The Kier molecular flexibility index (Phi) is 3.30. The molecule has 0 radical (unpaired) electrons. The first-order valence-corrected chi connectivity index (χ1v) is 5.80. The van der Waals surface area contributed by atoms with E-state index in [1.54, 1.807) is 0 Å². The van der Waals surface area contributed by atoms with Gasteiger partial charge in [0.1, 0.15) is 0 Å². The van der Waals surface area contributed by atoms with Gasteiger partial charge in [0.2, 0.25) is 0 Å². The summed E-state index contributed by atoms with van der Waals surface area (Å²) in [7, 11) is 0. The van der Waals surface area contributed by atoms with E-state index in [0.717, 1.165) is 32.7 Å². The van der Waals surface area contributed by atoms with Crippen LogP contribution in [0.4, 0.5) is 0 Å². The summed E-state index contributed by atoms with van der Waals surface area (Å²) < 4.78 is 11.3. The monoisotopic (exact) mass is 214 g/mol. The largest absolute Gasteiger partial charge is 0.380 e. The van der Waals surface area contributed by atoms with Crippen LogP contribution in [0.3, 0.4) is 0 Å². The summed E-state index contributed by atoms with van der Waals surface area (Å²) in [5, 5.41) is 0. The van der Waals surface area contributed by atoms with Crippen molar-refractivity contribution in [1.29, 1.82) is 0 Å². The molecule has 2 atom stereocenters. The van der Waals surface area contributed by atoms with Crippen LogP contribution >= 0.6 is 0 Å². The van der Waals surface area contributed by atoms with Gasteiger partial charge in [-0.1, -0.05) is 0 Å². The van der Waals surface area contributed by atoms with Crippen molar-refractivity contribution in [1.82, 2.24) is 4.90 Å². The second-order valence-corrected chi connectivity index (χ2v) is 5.18. The Bertz CT molecular complexity index is 215. The van der Waals surface area contributed by atoms with Crippen molar-refractivity contribution in [2.24, 2.45) is 5.73 Å². The van der Waals surface area contributed by atoms with E-state index in [0.29, 0.717) is 12.6 Å². The third-order valence-corrected chi connectivity index (χ3v) is 3.19. The van der Waals surface area contributed by atoms with Crippen LogP contribution in [-0.2, 0) is 9.47 Å². The fourth-order valence-corrected chi connectivity index (χ4v) is 2.55. The molecule has 0 bridgehead atoms. The van der Waals surface area contributed by atoms with Gasteiger partial charge in [-0.3, -0.25) is 4.90 Å².